The van der Waals surface area contributed by atoms with Crippen LogP contribution in [0.5, 0.6) is 0 Å². The van der Waals surface area contributed by atoms with Crippen LogP contribution in [0.4, 0.5) is 0 Å². The Morgan fingerprint density at radius 1 is 0.833 bits per heavy atom. The van der Waals surface area contributed by atoms with Crippen molar-refractivity contribution in [2.75, 3.05) is 19.6 Å². The van der Waals surface area contributed by atoms with Crippen molar-refractivity contribution < 1.29 is 19.2 Å². The summed E-state index contributed by atoms with van der Waals surface area (Å²) in [6.45, 7) is 10.1. The molecule has 5 nitrogen and oxygen atoms in total. The third-order valence-corrected chi connectivity index (χ3v) is 1.34. The maximum atomic E-state index is 7.33. The highest BCUT2D eigenvalue weighted by Crippen LogP contribution is 1.81. The van der Waals surface area contributed by atoms with Gasteiger partial charge in [-0.15, -0.1) is 0 Å². The summed E-state index contributed by atoms with van der Waals surface area (Å²) in [6.07, 6.45) is 0. The lowest BCUT2D eigenvalue weighted by atomic mass is 10.5. The van der Waals surface area contributed by atoms with Crippen molar-refractivity contribution in [3.05, 3.63) is 0 Å². The molecule has 0 saturated carbocycles. The minimum atomic E-state index is -4.61. The van der Waals surface area contributed by atoms with E-state index in [0.29, 0.717) is 0 Å². The zero-order chi connectivity index (χ0) is 10.2. The highest BCUT2D eigenvalue weighted by molar-refractivity contribution is 6.46. The first-order valence-corrected chi connectivity index (χ1v) is 5.75. The van der Waals surface area contributed by atoms with Gasteiger partial charge in [0.1, 0.15) is 0 Å². The summed E-state index contributed by atoms with van der Waals surface area (Å²) in [4.78, 5) is 31.7. The van der Waals surface area contributed by atoms with Gasteiger partial charge in [0.15, 0.2) is 0 Å². The highest BCUT2D eigenvalue weighted by atomic mass is 28.4. The Balaban J connectivity index is 0. The summed E-state index contributed by atoms with van der Waals surface area (Å²) >= 11 is 0. The van der Waals surface area contributed by atoms with E-state index in [1.807, 2.05) is 0 Å². The van der Waals surface area contributed by atoms with Crippen molar-refractivity contribution in [3.63, 3.8) is 0 Å². The fourth-order valence-electron chi connectivity index (χ4n) is 0.671. The molecular formula is C6H19NO4Si. The molecule has 0 saturated heterocycles. The SMILES string of the molecule is CCN(CC)CC.O[Si](O)(O)O. The molecule has 0 amide bonds. The van der Waals surface area contributed by atoms with E-state index < -0.39 is 9.05 Å². The van der Waals surface area contributed by atoms with Gasteiger partial charge in [-0.05, 0) is 19.6 Å². The predicted octanol–water partition coefficient (Wildman–Crippen LogP) is -1.26. The zero-order valence-electron chi connectivity index (χ0n) is 7.86. The van der Waals surface area contributed by atoms with Crippen LogP contribution in [0.15, 0.2) is 0 Å². The lowest BCUT2D eigenvalue weighted by molar-refractivity contribution is 0.117. The third kappa shape index (κ3) is 22.5. The first-order valence-electron chi connectivity index (χ1n) is 3.96. The van der Waals surface area contributed by atoms with Crippen molar-refractivity contribution in [2.24, 2.45) is 0 Å². The molecule has 0 rings (SSSR count). The minimum Gasteiger partial charge on any atom is -0.368 e. The standard InChI is InChI=1S/C6H15N.H4O4Si/c1-4-7(5-2)6-3;1-5(2,3)4/h4-6H2,1-3H3;1-4H. The number of nitrogens with zero attached hydrogens (tertiary/aromatic N) is 1. The molecule has 0 aromatic rings. The Kier molecular flexibility index (Phi) is 9.27. The van der Waals surface area contributed by atoms with Gasteiger partial charge in [-0.3, -0.25) is 0 Å². The molecule has 0 bridgehead atoms. The molecule has 0 aromatic heterocycles. The molecule has 0 radical (unpaired) electrons. The second-order valence-corrected chi connectivity index (χ2v) is 3.42. The van der Waals surface area contributed by atoms with Gasteiger partial charge in [-0.2, -0.15) is 0 Å². The fourth-order valence-corrected chi connectivity index (χ4v) is 0.671. The van der Waals surface area contributed by atoms with E-state index in [-0.39, 0.29) is 0 Å². The van der Waals surface area contributed by atoms with E-state index in [9.17, 15) is 0 Å². The van der Waals surface area contributed by atoms with E-state index >= 15 is 0 Å². The molecule has 0 fully saturated rings. The van der Waals surface area contributed by atoms with E-state index in [4.69, 9.17) is 19.2 Å². The molecule has 0 aromatic carbocycles. The van der Waals surface area contributed by atoms with Crippen LogP contribution in [-0.2, 0) is 0 Å². The Labute approximate surface area is 74.4 Å². The van der Waals surface area contributed by atoms with Gasteiger partial charge >= 0.3 is 9.05 Å². The third-order valence-electron chi connectivity index (χ3n) is 1.34. The maximum absolute atomic E-state index is 7.33. The molecule has 0 heterocycles. The van der Waals surface area contributed by atoms with Crippen LogP contribution in [-0.4, -0.2) is 52.8 Å². The monoisotopic (exact) mass is 197 g/mol. The van der Waals surface area contributed by atoms with E-state index in [0.717, 1.165) is 0 Å². The molecule has 0 unspecified atom stereocenters. The molecule has 0 atom stereocenters. The second kappa shape index (κ2) is 7.65. The Morgan fingerprint density at radius 3 is 1.00 bits per heavy atom. The molecule has 0 aliphatic carbocycles. The quantitative estimate of drug-likeness (QED) is 0.424. The molecule has 12 heavy (non-hydrogen) atoms. The van der Waals surface area contributed by atoms with Crippen molar-refractivity contribution in [1.82, 2.24) is 4.90 Å². The highest BCUT2D eigenvalue weighted by Gasteiger charge is 2.22. The zero-order valence-corrected chi connectivity index (χ0v) is 8.86. The minimum absolute atomic E-state index is 1.19. The molecule has 76 valence electrons. The number of hydrogen-bond donors (Lipinski definition) is 4. The Morgan fingerprint density at radius 2 is 1.00 bits per heavy atom. The smallest absolute Gasteiger partial charge is 0.368 e. The molecule has 6 heteroatoms. The van der Waals surface area contributed by atoms with Crippen molar-refractivity contribution in [1.29, 1.82) is 0 Å². The lowest BCUT2D eigenvalue weighted by Gasteiger charge is -2.13. The average molecular weight is 197 g/mol. The number of rotatable bonds is 3. The van der Waals surface area contributed by atoms with E-state index in [2.05, 4.69) is 25.7 Å². The number of hydrogen-bond acceptors (Lipinski definition) is 5. The first kappa shape index (κ1) is 14.5. The van der Waals surface area contributed by atoms with Crippen LogP contribution in [0.1, 0.15) is 20.8 Å². The molecule has 0 aliphatic rings. The van der Waals surface area contributed by atoms with Crippen LogP contribution in [0.3, 0.4) is 0 Å². The molecule has 4 N–H and O–H groups in total. The normalized spacial score (nSPS) is 11.0. The first-order chi connectivity index (χ1) is 5.35. The summed E-state index contributed by atoms with van der Waals surface area (Å²) < 4.78 is 0. The Hall–Kier alpha value is 0.0169. The van der Waals surface area contributed by atoms with Crippen LogP contribution in [0.2, 0.25) is 0 Å². The van der Waals surface area contributed by atoms with Gasteiger partial charge in [0.2, 0.25) is 0 Å². The van der Waals surface area contributed by atoms with Gasteiger partial charge in [0.05, 0.1) is 0 Å². The summed E-state index contributed by atoms with van der Waals surface area (Å²) in [7, 11) is -4.61. The van der Waals surface area contributed by atoms with Gasteiger partial charge in [0, 0.05) is 0 Å². The summed E-state index contributed by atoms with van der Waals surface area (Å²) in [6, 6.07) is 0. The Bertz CT molecular complexity index is 80.5. The lowest BCUT2D eigenvalue weighted by Crippen LogP contribution is -2.33. The topological polar surface area (TPSA) is 84.2 Å². The fraction of sp³-hybridized carbons (Fsp3) is 1.00. The van der Waals surface area contributed by atoms with E-state index in [1.165, 1.54) is 19.6 Å². The van der Waals surface area contributed by atoms with Crippen molar-refractivity contribution >= 4 is 9.05 Å². The molecule has 0 aliphatic heterocycles. The van der Waals surface area contributed by atoms with Gasteiger partial charge in [-0.25, -0.2) is 0 Å². The van der Waals surface area contributed by atoms with Crippen molar-refractivity contribution in [3.8, 4) is 0 Å². The molecular weight excluding hydrogens is 178 g/mol. The maximum Gasteiger partial charge on any atom is 0.668 e. The van der Waals surface area contributed by atoms with Crippen LogP contribution >= 0.6 is 0 Å². The van der Waals surface area contributed by atoms with Crippen LogP contribution < -0.4 is 0 Å². The predicted molar refractivity (Wildman–Crippen MR) is 48.1 cm³/mol. The van der Waals surface area contributed by atoms with Gasteiger partial charge in [0.25, 0.3) is 0 Å². The second-order valence-electron chi connectivity index (χ2n) is 2.22. The van der Waals surface area contributed by atoms with Crippen molar-refractivity contribution in [2.45, 2.75) is 20.8 Å². The average Bonchev–Trinajstić information content (AvgIpc) is 1.88. The molecule has 0 spiro atoms. The van der Waals surface area contributed by atoms with Gasteiger partial charge < -0.3 is 24.1 Å². The van der Waals surface area contributed by atoms with Gasteiger partial charge in [-0.1, -0.05) is 20.8 Å². The van der Waals surface area contributed by atoms with E-state index in [1.54, 1.807) is 0 Å². The summed E-state index contributed by atoms with van der Waals surface area (Å²) in [5.74, 6) is 0. The van der Waals surface area contributed by atoms with Crippen LogP contribution in [0.25, 0.3) is 0 Å². The summed E-state index contributed by atoms with van der Waals surface area (Å²) in [5.41, 5.74) is 0. The summed E-state index contributed by atoms with van der Waals surface area (Å²) in [5, 5.41) is 0. The van der Waals surface area contributed by atoms with Crippen LogP contribution in [0, 0.1) is 0 Å². The largest absolute Gasteiger partial charge is 0.668 e.